The molecule has 0 amide bonds. The predicted octanol–water partition coefficient (Wildman–Crippen LogP) is 9.78. The smallest absolute Gasteiger partial charge is 0.204 e. The van der Waals surface area contributed by atoms with Crippen LogP contribution in [0, 0.1) is 0 Å². The van der Waals surface area contributed by atoms with Crippen molar-refractivity contribution >= 4 is 65.0 Å². The first-order valence-electron chi connectivity index (χ1n) is 14.8. The fourth-order valence-corrected chi connectivity index (χ4v) is 7.68. The Morgan fingerprint density at radius 1 is 0.545 bits per heavy atom. The molecule has 1 atom stereocenters. The zero-order chi connectivity index (χ0) is 29.0. The van der Waals surface area contributed by atoms with E-state index in [0.717, 1.165) is 28.0 Å². The Bertz CT molecular complexity index is 2420. The predicted molar refractivity (Wildman–Crippen MR) is 186 cm³/mol. The molecule has 1 aliphatic rings. The molecule has 0 aliphatic carbocycles. The molecule has 1 unspecified atom stereocenters. The summed E-state index contributed by atoms with van der Waals surface area (Å²) in [6.45, 7) is 0. The summed E-state index contributed by atoms with van der Waals surface area (Å²) in [4.78, 5) is 10.2. The molecular formula is C39H26N4S. The highest BCUT2D eigenvalue weighted by Crippen LogP contribution is 2.42. The lowest BCUT2D eigenvalue weighted by atomic mass is 10.0. The van der Waals surface area contributed by atoms with E-state index in [9.17, 15) is 0 Å². The van der Waals surface area contributed by atoms with Gasteiger partial charge in [0, 0.05) is 42.1 Å². The number of fused-ring (bicyclic) bond motifs is 6. The Morgan fingerprint density at radius 3 is 2.07 bits per heavy atom. The van der Waals surface area contributed by atoms with E-state index in [0.29, 0.717) is 5.84 Å². The molecule has 0 bridgehead atoms. The standard InChI is InChI=1S/C39H26N4S/c1-3-12-25(13-4-1)37-40-38(26-14-5-2-6-15-26)42-39(41-37)43-33-20-9-7-16-29(33)32-24-27(22-23-34(32)43)28-18-11-19-31-30-17-8-10-21-35(30)44-36(28)31/h1-24,39H,(H,40,41,42). The third-order valence-electron chi connectivity index (χ3n) is 8.48. The van der Waals surface area contributed by atoms with E-state index < -0.39 is 0 Å². The molecule has 1 aliphatic heterocycles. The normalized spacial score (nSPS) is 15.0. The van der Waals surface area contributed by atoms with Crippen molar-refractivity contribution in [3.05, 3.63) is 157 Å². The van der Waals surface area contributed by atoms with Crippen molar-refractivity contribution in [2.75, 3.05) is 0 Å². The van der Waals surface area contributed by atoms with Crippen LogP contribution in [-0.2, 0) is 0 Å². The van der Waals surface area contributed by atoms with Crippen LogP contribution in [-0.4, -0.2) is 16.2 Å². The van der Waals surface area contributed by atoms with Crippen LogP contribution in [0.5, 0.6) is 0 Å². The molecule has 0 saturated heterocycles. The number of aromatic nitrogens is 1. The van der Waals surface area contributed by atoms with Crippen LogP contribution in [0.15, 0.2) is 156 Å². The van der Waals surface area contributed by atoms with Crippen LogP contribution in [0.1, 0.15) is 17.4 Å². The topological polar surface area (TPSA) is 41.7 Å². The maximum Gasteiger partial charge on any atom is 0.204 e. The van der Waals surface area contributed by atoms with Crippen molar-refractivity contribution in [1.29, 1.82) is 0 Å². The summed E-state index contributed by atoms with van der Waals surface area (Å²) in [6, 6.07) is 51.4. The van der Waals surface area contributed by atoms with Crippen LogP contribution < -0.4 is 5.32 Å². The number of nitrogens with zero attached hydrogens (tertiary/aromatic N) is 3. The van der Waals surface area contributed by atoms with Gasteiger partial charge < -0.3 is 9.88 Å². The minimum absolute atomic E-state index is 0.378. The van der Waals surface area contributed by atoms with Crippen molar-refractivity contribution in [3.63, 3.8) is 0 Å². The minimum atomic E-state index is -0.378. The summed E-state index contributed by atoms with van der Waals surface area (Å²) in [7, 11) is 0. The lowest BCUT2D eigenvalue weighted by Gasteiger charge is -2.25. The molecule has 0 radical (unpaired) electrons. The molecule has 5 heteroatoms. The van der Waals surface area contributed by atoms with Crippen LogP contribution in [0.2, 0.25) is 0 Å². The number of thiophene rings is 1. The van der Waals surface area contributed by atoms with Crippen molar-refractivity contribution in [2.45, 2.75) is 6.29 Å². The van der Waals surface area contributed by atoms with Crippen molar-refractivity contribution in [2.24, 2.45) is 9.98 Å². The van der Waals surface area contributed by atoms with Gasteiger partial charge >= 0.3 is 0 Å². The fourth-order valence-electron chi connectivity index (χ4n) is 6.44. The van der Waals surface area contributed by atoms with Gasteiger partial charge in [0.05, 0.1) is 11.0 Å². The fraction of sp³-hybridized carbons (Fsp3) is 0.0256. The molecule has 0 saturated carbocycles. The molecule has 208 valence electrons. The molecule has 0 fully saturated rings. The Hall–Kier alpha value is -5.52. The highest BCUT2D eigenvalue weighted by Gasteiger charge is 2.24. The van der Waals surface area contributed by atoms with E-state index in [2.05, 4.69) is 119 Å². The Labute approximate surface area is 258 Å². The van der Waals surface area contributed by atoms with E-state index >= 15 is 0 Å². The molecular weight excluding hydrogens is 557 g/mol. The largest absolute Gasteiger partial charge is 0.331 e. The summed E-state index contributed by atoms with van der Waals surface area (Å²) < 4.78 is 4.96. The van der Waals surface area contributed by atoms with Gasteiger partial charge in [-0.15, -0.1) is 11.3 Å². The SMILES string of the molecule is c1ccc(C2=NC(n3c4ccccc4c4cc(-c5cccc6c5sc5ccccc56)ccc43)NC(c3ccccc3)=N2)cc1. The van der Waals surface area contributed by atoms with Gasteiger partial charge in [0.2, 0.25) is 6.29 Å². The van der Waals surface area contributed by atoms with Crippen LogP contribution in [0.25, 0.3) is 53.1 Å². The quantitative estimate of drug-likeness (QED) is 0.220. The number of nitrogens with one attached hydrogen (secondary N) is 1. The van der Waals surface area contributed by atoms with Gasteiger partial charge in [0.1, 0.15) is 5.84 Å². The third kappa shape index (κ3) is 3.98. The number of hydrogen-bond acceptors (Lipinski definition) is 4. The lowest BCUT2D eigenvalue weighted by molar-refractivity contribution is 0.516. The van der Waals surface area contributed by atoms with Gasteiger partial charge in [-0.2, -0.15) is 0 Å². The maximum absolute atomic E-state index is 5.20. The molecule has 4 nitrogen and oxygen atoms in total. The summed E-state index contributed by atoms with van der Waals surface area (Å²) >= 11 is 1.87. The Balaban J connectivity index is 1.24. The van der Waals surface area contributed by atoms with Gasteiger partial charge in [0.15, 0.2) is 5.84 Å². The molecule has 8 aromatic rings. The summed E-state index contributed by atoms with van der Waals surface area (Å²) in [6.07, 6.45) is -0.378. The van der Waals surface area contributed by atoms with Crippen molar-refractivity contribution in [1.82, 2.24) is 9.88 Å². The number of aliphatic imine (C=N–C) groups is 2. The first-order valence-corrected chi connectivity index (χ1v) is 15.6. The molecule has 9 rings (SSSR count). The summed E-state index contributed by atoms with van der Waals surface area (Å²) in [5.41, 5.74) is 6.76. The second-order valence-corrected chi connectivity index (χ2v) is 12.1. The van der Waals surface area contributed by atoms with E-state index in [1.54, 1.807) is 0 Å². The molecule has 44 heavy (non-hydrogen) atoms. The highest BCUT2D eigenvalue weighted by atomic mass is 32.1. The number of para-hydroxylation sites is 1. The Kier molecular flexibility index (Phi) is 5.71. The van der Waals surface area contributed by atoms with Crippen LogP contribution >= 0.6 is 11.3 Å². The van der Waals surface area contributed by atoms with E-state index in [1.807, 2.05) is 47.7 Å². The zero-order valence-electron chi connectivity index (χ0n) is 23.7. The average molecular weight is 583 g/mol. The van der Waals surface area contributed by atoms with Gasteiger partial charge in [0.25, 0.3) is 0 Å². The van der Waals surface area contributed by atoms with Gasteiger partial charge in [-0.3, -0.25) is 0 Å². The zero-order valence-corrected chi connectivity index (χ0v) is 24.5. The average Bonchev–Trinajstić information content (AvgIpc) is 3.64. The van der Waals surface area contributed by atoms with E-state index in [1.165, 1.54) is 42.1 Å². The van der Waals surface area contributed by atoms with E-state index in [-0.39, 0.29) is 6.29 Å². The monoisotopic (exact) mass is 582 g/mol. The molecule has 6 aromatic carbocycles. The van der Waals surface area contributed by atoms with Gasteiger partial charge in [-0.05, 0) is 35.4 Å². The number of rotatable bonds is 4. The maximum atomic E-state index is 5.20. The number of benzene rings is 6. The van der Waals surface area contributed by atoms with Gasteiger partial charge in [-0.25, -0.2) is 9.98 Å². The van der Waals surface area contributed by atoms with E-state index in [4.69, 9.17) is 9.98 Å². The summed E-state index contributed by atoms with van der Waals surface area (Å²) in [5.74, 6) is 1.52. The van der Waals surface area contributed by atoms with Crippen molar-refractivity contribution in [3.8, 4) is 11.1 Å². The van der Waals surface area contributed by atoms with Crippen molar-refractivity contribution < 1.29 is 0 Å². The highest BCUT2D eigenvalue weighted by molar-refractivity contribution is 7.26. The summed E-state index contributed by atoms with van der Waals surface area (Å²) in [5, 5.41) is 8.71. The molecule has 1 N–H and O–H groups in total. The first-order chi connectivity index (χ1) is 21.8. The Morgan fingerprint density at radius 2 is 1.23 bits per heavy atom. The number of hydrogen-bond donors (Lipinski definition) is 1. The molecule has 0 spiro atoms. The lowest BCUT2D eigenvalue weighted by Crippen LogP contribution is -2.36. The number of amidine groups is 2. The first kappa shape index (κ1) is 25.0. The van der Waals surface area contributed by atoms with Crippen LogP contribution in [0.4, 0.5) is 0 Å². The molecule has 3 heterocycles. The third-order valence-corrected chi connectivity index (χ3v) is 9.70. The second-order valence-electron chi connectivity index (χ2n) is 11.1. The van der Waals surface area contributed by atoms with Gasteiger partial charge in [-0.1, -0.05) is 121 Å². The second kappa shape index (κ2) is 10.0. The van der Waals surface area contributed by atoms with Crippen LogP contribution in [0.3, 0.4) is 0 Å². The minimum Gasteiger partial charge on any atom is -0.331 e. The molecule has 2 aromatic heterocycles.